The SMILES string of the molecule is C[C@@H]1CC[C@@]2(OC1)O[C@H]1C[C@H]3[C@@H]4CC[C@H]5C[C@@H](O[C@@H]6O[C@H](CO)[C@H](O[C@@H]7O[C@H](CO)[C@@H](O)[C@H](O[C@@H]8OC[C@@H](O)[C@H](O)[C@H]8O)[C@H]7O[C@@H]7OC[C@@H](O)[C@H](O)[C@H]7O)[C@H](O)[C@H]6O[C@@H]6O[C@@H](C)[C@H](O)[C@@H](O)[C@H]6O)CC[C@]5(C)[C@H]4CC(=O)[C@]3(C)[C@H]1[C@@H]2C. The zero-order valence-corrected chi connectivity index (χ0v) is 46.5. The summed E-state index contributed by atoms with van der Waals surface area (Å²) in [6.45, 7) is 8.12. The lowest BCUT2D eigenvalue weighted by atomic mass is 9.44. The highest BCUT2D eigenvalue weighted by molar-refractivity contribution is 5.87. The Morgan fingerprint density at radius 2 is 1.15 bits per heavy atom. The van der Waals surface area contributed by atoms with Crippen LogP contribution in [-0.4, -0.2) is 265 Å². The molecule has 0 aromatic carbocycles. The van der Waals surface area contributed by atoms with Gasteiger partial charge in [-0.25, -0.2) is 0 Å². The molecule has 35 atom stereocenters. The van der Waals surface area contributed by atoms with Crippen LogP contribution >= 0.6 is 0 Å². The van der Waals surface area contributed by atoms with E-state index < -0.39 is 185 Å². The van der Waals surface area contributed by atoms with Crippen molar-refractivity contribution in [3.05, 3.63) is 0 Å². The number of aliphatic hydroxyl groups is 13. The highest BCUT2D eigenvalue weighted by atomic mass is 16.8. The van der Waals surface area contributed by atoms with Crippen LogP contribution in [0.4, 0.5) is 0 Å². The van der Waals surface area contributed by atoms with Crippen LogP contribution in [-0.2, 0) is 61.6 Å². The van der Waals surface area contributed by atoms with Gasteiger partial charge in [-0.05, 0) is 86.9 Å². The summed E-state index contributed by atoms with van der Waals surface area (Å²) in [6.07, 6.45) is -33.6. The zero-order chi connectivity index (χ0) is 57.9. The second-order valence-corrected chi connectivity index (χ2v) is 26.1. The van der Waals surface area contributed by atoms with Gasteiger partial charge in [-0.15, -0.1) is 0 Å². The van der Waals surface area contributed by atoms with Crippen LogP contribution in [0.15, 0.2) is 0 Å². The summed E-state index contributed by atoms with van der Waals surface area (Å²) in [5.74, 6) is 0.997. The second kappa shape index (κ2) is 23.6. The number of aliphatic hydroxyl groups excluding tert-OH is 13. The Bertz CT molecular complexity index is 2160. The Morgan fingerprint density at radius 1 is 0.543 bits per heavy atom. The summed E-state index contributed by atoms with van der Waals surface area (Å²) in [5, 5.41) is 142. The van der Waals surface area contributed by atoms with E-state index in [1.165, 1.54) is 6.92 Å². The van der Waals surface area contributed by atoms with Gasteiger partial charge in [0.2, 0.25) is 0 Å². The summed E-state index contributed by atoms with van der Waals surface area (Å²) >= 11 is 0. The predicted octanol–water partition coefficient (Wildman–Crippen LogP) is -3.60. The Labute approximate surface area is 469 Å². The molecule has 4 saturated carbocycles. The second-order valence-electron chi connectivity index (χ2n) is 26.1. The van der Waals surface area contributed by atoms with Gasteiger partial charge in [0, 0.05) is 30.1 Å². The molecule has 464 valence electrons. The van der Waals surface area contributed by atoms with Crippen molar-refractivity contribution in [1.29, 1.82) is 0 Å². The van der Waals surface area contributed by atoms with Crippen LogP contribution in [0.3, 0.4) is 0 Å². The molecule has 7 heterocycles. The lowest BCUT2D eigenvalue weighted by Crippen LogP contribution is -2.68. The van der Waals surface area contributed by atoms with Gasteiger partial charge in [0.15, 0.2) is 37.2 Å². The lowest BCUT2D eigenvalue weighted by Gasteiger charge is -2.61. The van der Waals surface area contributed by atoms with E-state index in [0.717, 1.165) is 32.1 Å². The fraction of sp³-hybridized carbons (Fsp3) is 0.982. The number of carbonyl (C=O) groups excluding carboxylic acids is 1. The maximum absolute atomic E-state index is 14.9. The van der Waals surface area contributed by atoms with Gasteiger partial charge in [0.05, 0.1) is 51.3 Å². The Kier molecular flexibility index (Phi) is 17.9. The first-order valence-electron chi connectivity index (χ1n) is 29.5. The van der Waals surface area contributed by atoms with Gasteiger partial charge in [0.1, 0.15) is 110 Å². The van der Waals surface area contributed by atoms with Crippen molar-refractivity contribution in [3.63, 3.8) is 0 Å². The van der Waals surface area contributed by atoms with E-state index in [2.05, 4.69) is 27.7 Å². The number of hydrogen-bond donors (Lipinski definition) is 13. The molecule has 1 spiro atoms. The van der Waals surface area contributed by atoms with E-state index in [1.807, 2.05) is 0 Å². The minimum absolute atomic E-state index is 0.0489. The number of Topliss-reactive ketones (excluding diaryl/α,β-unsaturated/α-hetero) is 1. The largest absolute Gasteiger partial charge is 0.394 e. The number of rotatable bonds is 12. The van der Waals surface area contributed by atoms with Crippen LogP contribution in [0.1, 0.15) is 92.4 Å². The topological polar surface area (TPSA) is 391 Å². The van der Waals surface area contributed by atoms with Crippen molar-refractivity contribution >= 4 is 5.78 Å². The summed E-state index contributed by atoms with van der Waals surface area (Å²) in [4.78, 5) is 14.9. The van der Waals surface area contributed by atoms with Crippen molar-refractivity contribution in [1.82, 2.24) is 0 Å². The van der Waals surface area contributed by atoms with Gasteiger partial charge < -0.3 is 123 Å². The van der Waals surface area contributed by atoms with Crippen LogP contribution < -0.4 is 0 Å². The molecule has 11 aliphatic rings. The van der Waals surface area contributed by atoms with Gasteiger partial charge in [-0.1, -0.05) is 27.7 Å². The van der Waals surface area contributed by atoms with Gasteiger partial charge >= 0.3 is 0 Å². The molecule has 0 amide bonds. The third-order valence-corrected chi connectivity index (χ3v) is 21.6. The number of ether oxygens (including phenoxy) is 12. The van der Waals surface area contributed by atoms with Crippen LogP contribution in [0, 0.1) is 52.3 Å². The summed E-state index contributed by atoms with van der Waals surface area (Å²) < 4.78 is 74.5. The monoisotopic (exact) mass is 1160 g/mol. The van der Waals surface area contributed by atoms with Gasteiger partial charge in [-0.3, -0.25) is 4.79 Å². The Hall–Kier alpha value is -1.33. The first-order valence-corrected chi connectivity index (χ1v) is 29.5. The molecule has 11 fully saturated rings. The standard InChI is InChI=1S/C55H88O26/c1-20-8-11-55(72-17-20)21(2)34-30(81-55)13-27-25-7-6-23-12-24(9-10-53(23,4)26(25)14-33(60)54(27,34)5)74-51-46(79-50-42(68)39(65)35(61)22(3)73-50)43(69)44(32(16-57)76-51)77-52-47(80-49-41(67)37(63)29(59)19-71-49)45(38(64)31(15-56)75-52)78-48-40(66)36(62)28(58)18-70-48/h20-32,34-52,56-59,61-69H,6-19H2,1-5H3/t20-,21+,22+,23+,24+,25-,26+,27+,28-,29-,30+,31-,32-,34+,35+,36+,37+,38-,39-,40-,41-,42-,43+,44+,45+,46-,47-,48+,49+,50+,51-,52+,53+,54-,55-/m1/s1. The Balaban J connectivity index is 0.837. The summed E-state index contributed by atoms with van der Waals surface area (Å²) in [6, 6.07) is 0. The van der Waals surface area contributed by atoms with E-state index in [1.54, 1.807) is 0 Å². The van der Waals surface area contributed by atoms with Crippen molar-refractivity contribution in [3.8, 4) is 0 Å². The number of hydrogen-bond acceptors (Lipinski definition) is 26. The summed E-state index contributed by atoms with van der Waals surface area (Å²) in [5.41, 5.74) is -0.751. The minimum Gasteiger partial charge on any atom is -0.394 e. The van der Waals surface area contributed by atoms with E-state index in [4.69, 9.17) is 56.8 Å². The van der Waals surface area contributed by atoms with E-state index in [-0.39, 0.29) is 41.1 Å². The number of carbonyl (C=O) groups is 1. The molecule has 26 nitrogen and oxygen atoms in total. The van der Waals surface area contributed by atoms with E-state index >= 15 is 0 Å². The molecule has 0 radical (unpaired) electrons. The number of ketones is 1. The van der Waals surface area contributed by atoms with Crippen LogP contribution in [0.25, 0.3) is 0 Å². The predicted molar refractivity (Wildman–Crippen MR) is 268 cm³/mol. The quantitative estimate of drug-likeness (QED) is 0.0840. The normalized spacial score (nSPS) is 57.6. The average molecular weight is 1170 g/mol. The smallest absolute Gasteiger partial charge is 0.187 e. The highest BCUT2D eigenvalue weighted by Crippen LogP contribution is 2.70. The maximum Gasteiger partial charge on any atom is 0.187 e. The van der Waals surface area contributed by atoms with Crippen molar-refractivity contribution < 1.29 is 128 Å². The third kappa shape index (κ3) is 10.6. The third-order valence-electron chi connectivity index (χ3n) is 21.6. The first kappa shape index (κ1) is 61.3. The molecule has 0 unspecified atom stereocenters. The fourth-order valence-electron chi connectivity index (χ4n) is 16.7. The summed E-state index contributed by atoms with van der Waals surface area (Å²) in [7, 11) is 0. The first-order chi connectivity index (χ1) is 38.4. The molecule has 13 N–H and O–H groups in total. The van der Waals surface area contributed by atoms with Crippen molar-refractivity contribution in [2.45, 2.75) is 252 Å². The molecule has 11 rings (SSSR count). The van der Waals surface area contributed by atoms with Gasteiger partial charge in [-0.2, -0.15) is 0 Å². The molecule has 7 saturated heterocycles. The molecule has 0 bridgehead atoms. The Morgan fingerprint density at radius 3 is 1.79 bits per heavy atom. The highest BCUT2D eigenvalue weighted by Gasteiger charge is 2.72. The zero-order valence-electron chi connectivity index (χ0n) is 46.5. The van der Waals surface area contributed by atoms with Crippen LogP contribution in [0.5, 0.6) is 0 Å². The molecular weight excluding hydrogens is 1080 g/mol. The molecular formula is C55H88O26. The minimum atomic E-state index is -1.95. The average Bonchev–Trinajstić information content (AvgIpc) is 3.61. The maximum atomic E-state index is 14.9. The molecule has 4 aliphatic carbocycles. The van der Waals surface area contributed by atoms with E-state index in [0.29, 0.717) is 49.9 Å². The fourth-order valence-corrected chi connectivity index (χ4v) is 16.7. The molecule has 26 heteroatoms. The molecule has 0 aromatic heterocycles. The lowest BCUT2D eigenvalue weighted by molar-refractivity contribution is -0.408. The van der Waals surface area contributed by atoms with Crippen molar-refractivity contribution in [2.75, 3.05) is 33.0 Å². The van der Waals surface area contributed by atoms with Crippen LogP contribution in [0.2, 0.25) is 0 Å². The van der Waals surface area contributed by atoms with Crippen molar-refractivity contribution in [2.24, 2.45) is 52.3 Å². The number of fused-ring (bicyclic) bond motifs is 7. The van der Waals surface area contributed by atoms with Gasteiger partial charge in [0.25, 0.3) is 0 Å². The molecule has 7 aliphatic heterocycles. The van der Waals surface area contributed by atoms with E-state index in [9.17, 15) is 71.2 Å². The molecule has 81 heavy (non-hydrogen) atoms. The molecule has 0 aromatic rings.